The predicted molar refractivity (Wildman–Crippen MR) is 136 cm³/mol. The summed E-state index contributed by atoms with van der Waals surface area (Å²) >= 11 is 0. The maximum absolute atomic E-state index is 13.4. The Hall–Kier alpha value is -4.66. The number of carboxylic acid groups (broad SMARTS) is 2. The number of nitrogens with zero attached hydrogens (tertiary/aromatic N) is 3. The van der Waals surface area contributed by atoms with Gasteiger partial charge in [-0.25, -0.2) is 14.4 Å². The molecule has 1 unspecified atom stereocenters. The third kappa shape index (κ3) is 5.78. The van der Waals surface area contributed by atoms with Crippen molar-refractivity contribution in [3.63, 3.8) is 0 Å². The molecular weight excluding hydrogens is 474 g/mol. The lowest BCUT2D eigenvalue weighted by Crippen LogP contribution is -2.26. The highest BCUT2D eigenvalue weighted by molar-refractivity contribution is 5.91. The Balaban J connectivity index is 1.62. The Morgan fingerprint density at radius 3 is 2.27 bits per heavy atom. The summed E-state index contributed by atoms with van der Waals surface area (Å²) in [7, 11) is 0. The molecule has 4 rings (SSSR count). The molecule has 0 bridgehead atoms. The van der Waals surface area contributed by atoms with Gasteiger partial charge in [-0.2, -0.15) is 4.68 Å². The van der Waals surface area contributed by atoms with Crippen molar-refractivity contribution in [2.75, 3.05) is 0 Å². The maximum Gasteiger partial charge on any atom is 0.351 e. The number of aromatic carboxylic acids is 1. The molecule has 0 saturated heterocycles. The third-order valence-electron chi connectivity index (χ3n) is 5.90. The minimum atomic E-state index is -1.15. The molecule has 0 aliphatic rings. The van der Waals surface area contributed by atoms with E-state index in [1.54, 1.807) is 72.8 Å². The number of carbonyl (C=O) groups is 2. The topological polar surface area (TPSA) is 124 Å². The van der Waals surface area contributed by atoms with Crippen LogP contribution in [0.15, 0.2) is 83.7 Å². The number of aryl methyl sites for hydroxylation is 1. The van der Waals surface area contributed by atoms with Crippen molar-refractivity contribution < 1.29 is 24.5 Å². The molecule has 0 fully saturated rings. The molecule has 1 heterocycles. The highest BCUT2D eigenvalue weighted by Gasteiger charge is 2.22. The molecule has 9 heteroatoms. The van der Waals surface area contributed by atoms with E-state index in [0.717, 1.165) is 23.1 Å². The number of hydrogen-bond donors (Lipinski definition) is 2. The van der Waals surface area contributed by atoms with E-state index in [2.05, 4.69) is 5.10 Å². The summed E-state index contributed by atoms with van der Waals surface area (Å²) in [5, 5.41) is 23.7. The van der Waals surface area contributed by atoms with Gasteiger partial charge in [-0.05, 0) is 36.2 Å². The molecule has 0 aliphatic heterocycles. The van der Waals surface area contributed by atoms with Crippen LogP contribution in [0.2, 0.25) is 0 Å². The van der Waals surface area contributed by atoms with Gasteiger partial charge in [-0.3, -0.25) is 4.57 Å². The number of aliphatic carboxylic acids is 1. The van der Waals surface area contributed by atoms with Crippen molar-refractivity contribution in [1.82, 2.24) is 14.3 Å². The standard InChI is InChI=1S/C28H27N3O6/c1-2-3-13-24-29-31(23-12-8-7-11-22(23)26(32)33)28(36)30(24)18-19-14-16-21(17-15-19)37-25(27(34)35)20-9-5-4-6-10-20/h4-12,14-17,25H,2-3,13,18H2,1H3,(H,32,33)(H,34,35). The quantitative estimate of drug-likeness (QED) is 0.314. The van der Waals surface area contributed by atoms with Gasteiger partial charge in [0.2, 0.25) is 6.10 Å². The SMILES string of the molecule is CCCCc1nn(-c2ccccc2C(=O)O)c(=O)n1Cc1ccc(OC(C(=O)O)c2ccccc2)cc1. The van der Waals surface area contributed by atoms with Crippen molar-refractivity contribution in [1.29, 1.82) is 0 Å². The average molecular weight is 502 g/mol. The fourth-order valence-electron chi connectivity index (χ4n) is 3.99. The maximum atomic E-state index is 13.4. The van der Waals surface area contributed by atoms with E-state index in [9.17, 15) is 24.6 Å². The zero-order valence-electron chi connectivity index (χ0n) is 20.3. The van der Waals surface area contributed by atoms with Gasteiger partial charge in [-0.1, -0.05) is 67.9 Å². The molecule has 3 aromatic carbocycles. The molecular formula is C28H27N3O6. The van der Waals surface area contributed by atoms with Gasteiger partial charge in [0.15, 0.2) is 0 Å². The predicted octanol–water partition coefficient (Wildman–Crippen LogP) is 4.33. The van der Waals surface area contributed by atoms with Crippen molar-refractivity contribution >= 4 is 11.9 Å². The van der Waals surface area contributed by atoms with E-state index in [4.69, 9.17) is 4.74 Å². The molecule has 0 radical (unpaired) electrons. The van der Waals surface area contributed by atoms with E-state index in [-0.39, 0.29) is 17.8 Å². The van der Waals surface area contributed by atoms with Crippen LogP contribution in [0.4, 0.5) is 0 Å². The number of aromatic nitrogens is 3. The normalized spacial score (nSPS) is 11.7. The molecule has 9 nitrogen and oxygen atoms in total. The summed E-state index contributed by atoms with van der Waals surface area (Å²) in [5.41, 5.74) is 1.07. The Labute approximate surface area is 213 Å². The fourth-order valence-corrected chi connectivity index (χ4v) is 3.99. The number of para-hydroxylation sites is 1. The smallest absolute Gasteiger partial charge is 0.351 e. The number of carboxylic acids is 2. The van der Waals surface area contributed by atoms with E-state index in [1.807, 2.05) is 6.92 Å². The monoisotopic (exact) mass is 501 g/mol. The molecule has 1 atom stereocenters. The van der Waals surface area contributed by atoms with E-state index >= 15 is 0 Å². The largest absolute Gasteiger partial charge is 0.478 e. The minimum absolute atomic E-state index is 0.0100. The molecule has 4 aromatic rings. The van der Waals surface area contributed by atoms with Gasteiger partial charge >= 0.3 is 17.6 Å². The van der Waals surface area contributed by atoms with Crippen LogP contribution >= 0.6 is 0 Å². The highest BCUT2D eigenvalue weighted by atomic mass is 16.5. The van der Waals surface area contributed by atoms with Crippen LogP contribution in [0.3, 0.4) is 0 Å². The van der Waals surface area contributed by atoms with Crippen LogP contribution in [-0.2, 0) is 17.8 Å². The molecule has 1 aromatic heterocycles. The molecule has 2 N–H and O–H groups in total. The summed E-state index contributed by atoms with van der Waals surface area (Å²) < 4.78 is 8.40. The first-order valence-electron chi connectivity index (χ1n) is 11.9. The number of unbranched alkanes of at least 4 members (excludes halogenated alkanes) is 1. The highest BCUT2D eigenvalue weighted by Crippen LogP contribution is 2.23. The third-order valence-corrected chi connectivity index (χ3v) is 5.90. The second-order valence-electron chi connectivity index (χ2n) is 8.51. The van der Waals surface area contributed by atoms with Crippen molar-refractivity contribution in [2.24, 2.45) is 0 Å². The first-order valence-corrected chi connectivity index (χ1v) is 11.9. The van der Waals surface area contributed by atoms with Crippen LogP contribution < -0.4 is 10.4 Å². The van der Waals surface area contributed by atoms with Crippen molar-refractivity contribution in [3.05, 3.63) is 112 Å². The average Bonchev–Trinajstić information content (AvgIpc) is 3.21. The van der Waals surface area contributed by atoms with Gasteiger partial charge in [0.05, 0.1) is 17.8 Å². The van der Waals surface area contributed by atoms with Crippen molar-refractivity contribution in [2.45, 2.75) is 38.8 Å². The van der Waals surface area contributed by atoms with Crippen LogP contribution in [-0.4, -0.2) is 36.5 Å². The van der Waals surface area contributed by atoms with Gasteiger partial charge in [0, 0.05) is 12.0 Å². The molecule has 37 heavy (non-hydrogen) atoms. The summed E-state index contributed by atoms with van der Waals surface area (Å²) in [5.74, 6) is -1.30. The van der Waals surface area contributed by atoms with Crippen LogP contribution in [0.5, 0.6) is 5.75 Å². The van der Waals surface area contributed by atoms with E-state index in [0.29, 0.717) is 23.6 Å². The Morgan fingerprint density at radius 1 is 0.946 bits per heavy atom. The van der Waals surface area contributed by atoms with Gasteiger partial charge < -0.3 is 14.9 Å². The van der Waals surface area contributed by atoms with Gasteiger partial charge in [0.1, 0.15) is 11.6 Å². The second kappa shape index (κ2) is 11.4. The molecule has 0 spiro atoms. The first-order chi connectivity index (χ1) is 17.9. The zero-order chi connectivity index (χ0) is 26.4. The summed E-state index contributed by atoms with van der Waals surface area (Å²) in [6.07, 6.45) is 1.14. The van der Waals surface area contributed by atoms with Gasteiger partial charge in [-0.15, -0.1) is 5.10 Å². The Morgan fingerprint density at radius 2 is 1.62 bits per heavy atom. The van der Waals surface area contributed by atoms with E-state index in [1.165, 1.54) is 10.6 Å². The van der Waals surface area contributed by atoms with E-state index < -0.39 is 23.7 Å². The lowest BCUT2D eigenvalue weighted by Gasteiger charge is -2.16. The number of rotatable bonds is 11. The number of hydrogen-bond acceptors (Lipinski definition) is 5. The second-order valence-corrected chi connectivity index (χ2v) is 8.51. The van der Waals surface area contributed by atoms with Gasteiger partial charge in [0.25, 0.3) is 0 Å². The molecule has 0 amide bonds. The van der Waals surface area contributed by atoms with Crippen LogP contribution in [0.1, 0.15) is 53.2 Å². The Bertz CT molecular complexity index is 1440. The first kappa shape index (κ1) is 25.4. The summed E-state index contributed by atoms with van der Waals surface area (Å²) in [6, 6.07) is 21.8. The lowest BCUT2D eigenvalue weighted by molar-refractivity contribution is -0.145. The fraction of sp³-hybridized carbons (Fsp3) is 0.214. The molecule has 0 aliphatic carbocycles. The van der Waals surface area contributed by atoms with Crippen LogP contribution in [0.25, 0.3) is 5.69 Å². The molecule has 0 saturated carbocycles. The lowest BCUT2D eigenvalue weighted by atomic mass is 10.1. The number of benzene rings is 3. The van der Waals surface area contributed by atoms with Crippen LogP contribution in [0, 0.1) is 0 Å². The van der Waals surface area contributed by atoms with Crippen molar-refractivity contribution in [3.8, 4) is 11.4 Å². The number of ether oxygens (including phenoxy) is 1. The summed E-state index contributed by atoms with van der Waals surface area (Å²) in [4.78, 5) is 36.8. The summed E-state index contributed by atoms with van der Waals surface area (Å²) in [6.45, 7) is 2.26. The minimum Gasteiger partial charge on any atom is -0.478 e. The zero-order valence-corrected chi connectivity index (χ0v) is 20.3. The molecule has 190 valence electrons. The Kier molecular flexibility index (Phi) is 7.83.